The number of para-hydroxylation sites is 1. The number of nitrogens with one attached hydrogen (secondary N) is 1. The SMILES string of the molecule is CC1(C)Nc2c(C#N)cccc2C(N2CCCC2=O)C1O. The zero-order valence-electron chi connectivity index (χ0n) is 12.3. The van der Waals surface area contributed by atoms with Gasteiger partial charge in [-0.25, -0.2) is 0 Å². The molecule has 2 unspecified atom stereocenters. The number of hydrogen-bond acceptors (Lipinski definition) is 4. The summed E-state index contributed by atoms with van der Waals surface area (Å²) in [4.78, 5) is 13.9. The molecule has 1 amide bonds. The Labute approximate surface area is 124 Å². The summed E-state index contributed by atoms with van der Waals surface area (Å²) in [6.07, 6.45) is 0.633. The molecule has 0 radical (unpaired) electrons. The Hall–Kier alpha value is -2.06. The normalized spacial score (nSPS) is 27.0. The van der Waals surface area contributed by atoms with Crippen LogP contribution in [0.5, 0.6) is 0 Å². The van der Waals surface area contributed by atoms with Crippen molar-refractivity contribution in [1.29, 1.82) is 5.26 Å². The first-order chi connectivity index (χ1) is 9.95. The quantitative estimate of drug-likeness (QED) is 0.824. The fraction of sp³-hybridized carbons (Fsp3) is 0.500. The molecule has 2 aliphatic rings. The second-order valence-electron chi connectivity index (χ2n) is 6.31. The highest BCUT2D eigenvalue weighted by Crippen LogP contribution is 2.43. The van der Waals surface area contributed by atoms with Crippen LogP contribution in [0.1, 0.15) is 43.9 Å². The Bertz CT molecular complexity index is 633. The van der Waals surface area contributed by atoms with E-state index in [9.17, 15) is 15.2 Å². The standard InChI is InChI=1S/C16H19N3O2/c1-16(2)15(21)14(19-8-4-7-12(19)20)11-6-3-5-10(9-17)13(11)18-16/h3,5-6,14-15,18,21H,4,7-8H2,1-2H3. The van der Waals surface area contributed by atoms with Crippen molar-refractivity contribution in [2.75, 3.05) is 11.9 Å². The van der Waals surface area contributed by atoms with Crippen molar-refractivity contribution in [2.45, 2.75) is 44.4 Å². The Kier molecular flexibility index (Phi) is 3.14. The van der Waals surface area contributed by atoms with Gasteiger partial charge in [-0.2, -0.15) is 5.26 Å². The highest BCUT2D eigenvalue weighted by atomic mass is 16.3. The number of benzene rings is 1. The third-order valence-corrected chi connectivity index (χ3v) is 4.47. The topological polar surface area (TPSA) is 76.4 Å². The molecule has 2 N–H and O–H groups in total. The van der Waals surface area contributed by atoms with Gasteiger partial charge in [0.25, 0.3) is 0 Å². The summed E-state index contributed by atoms with van der Waals surface area (Å²) in [6.45, 7) is 4.44. The Morgan fingerprint density at radius 2 is 2.24 bits per heavy atom. The van der Waals surface area contributed by atoms with Crippen LogP contribution in [0.2, 0.25) is 0 Å². The van der Waals surface area contributed by atoms with E-state index in [1.165, 1.54) is 0 Å². The van der Waals surface area contributed by atoms with Gasteiger partial charge in [0, 0.05) is 18.5 Å². The summed E-state index contributed by atoms with van der Waals surface area (Å²) in [5.74, 6) is 0.0741. The lowest BCUT2D eigenvalue weighted by Gasteiger charge is -2.46. The number of rotatable bonds is 1. The molecule has 2 heterocycles. The van der Waals surface area contributed by atoms with Crippen LogP contribution < -0.4 is 5.32 Å². The van der Waals surface area contributed by atoms with Crippen LogP contribution >= 0.6 is 0 Å². The largest absolute Gasteiger partial charge is 0.388 e. The lowest BCUT2D eigenvalue weighted by molar-refractivity contribution is -0.133. The molecule has 0 bridgehead atoms. The van der Waals surface area contributed by atoms with Gasteiger partial charge in [-0.3, -0.25) is 4.79 Å². The monoisotopic (exact) mass is 285 g/mol. The van der Waals surface area contributed by atoms with E-state index in [4.69, 9.17) is 0 Å². The maximum atomic E-state index is 12.1. The third-order valence-electron chi connectivity index (χ3n) is 4.47. The number of hydrogen-bond donors (Lipinski definition) is 2. The molecule has 5 heteroatoms. The maximum Gasteiger partial charge on any atom is 0.223 e. The average molecular weight is 285 g/mol. The van der Waals surface area contributed by atoms with Gasteiger partial charge in [0.2, 0.25) is 5.91 Å². The lowest BCUT2D eigenvalue weighted by atomic mass is 9.81. The minimum atomic E-state index is -0.721. The molecule has 1 saturated heterocycles. The maximum absolute atomic E-state index is 12.1. The van der Waals surface area contributed by atoms with Gasteiger partial charge in [0.15, 0.2) is 0 Å². The number of aliphatic hydroxyl groups is 1. The van der Waals surface area contributed by atoms with Crippen LogP contribution in [0.4, 0.5) is 5.69 Å². The van der Waals surface area contributed by atoms with Crippen LogP contribution in [-0.2, 0) is 4.79 Å². The van der Waals surface area contributed by atoms with E-state index >= 15 is 0 Å². The van der Waals surface area contributed by atoms with Crippen molar-refractivity contribution in [1.82, 2.24) is 4.90 Å². The number of carbonyl (C=O) groups is 1. The van der Waals surface area contributed by atoms with E-state index in [2.05, 4.69) is 11.4 Å². The summed E-state index contributed by atoms with van der Waals surface area (Å²) >= 11 is 0. The third kappa shape index (κ3) is 2.07. The number of fused-ring (bicyclic) bond motifs is 1. The molecule has 5 nitrogen and oxygen atoms in total. The fourth-order valence-electron chi connectivity index (χ4n) is 3.31. The van der Waals surface area contributed by atoms with Gasteiger partial charge < -0.3 is 15.3 Å². The highest BCUT2D eigenvalue weighted by Gasteiger charge is 2.46. The molecule has 21 heavy (non-hydrogen) atoms. The number of amides is 1. The first kappa shape index (κ1) is 13.9. The van der Waals surface area contributed by atoms with Gasteiger partial charge in [0.1, 0.15) is 12.2 Å². The van der Waals surface area contributed by atoms with Gasteiger partial charge >= 0.3 is 0 Å². The molecule has 0 spiro atoms. The van der Waals surface area contributed by atoms with Crippen LogP contribution in [0.25, 0.3) is 0 Å². The van der Waals surface area contributed by atoms with Crippen molar-refractivity contribution in [3.63, 3.8) is 0 Å². The zero-order valence-corrected chi connectivity index (χ0v) is 12.3. The smallest absolute Gasteiger partial charge is 0.223 e. The van der Waals surface area contributed by atoms with Crippen molar-refractivity contribution in [3.05, 3.63) is 29.3 Å². The summed E-state index contributed by atoms with van der Waals surface area (Å²) in [6, 6.07) is 7.24. The van der Waals surface area contributed by atoms with Gasteiger partial charge in [0.05, 0.1) is 22.8 Å². The van der Waals surface area contributed by atoms with E-state index in [1.807, 2.05) is 19.9 Å². The van der Waals surface area contributed by atoms with Gasteiger partial charge in [-0.15, -0.1) is 0 Å². The van der Waals surface area contributed by atoms with Crippen molar-refractivity contribution < 1.29 is 9.90 Å². The molecule has 0 aromatic heterocycles. The van der Waals surface area contributed by atoms with Crippen LogP contribution in [-0.4, -0.2) is 34.1 Å². The molecule has 1 aromatic rings. The lowest BCUT2D eigenvalue weighted by Crippen LogP contribution is -2.55. The summed E-state index contributed by atoms with van der Waals surface area (Å²) < 4.78 is 0. The minimum Gasteiger partial charge on any atom is -0.388 e. The number of nitriles is 1. The van der Waals surface area contributed by atoms with Crippen LogP contribution in [0.15, 0.2) is 18.2 Å². The number of carbonyl (C=O) groups excluding carboxylic acids is 1. The van der Waals surface area contributed by atoms with Crippen LogP contribution in [0.3, 0.4) is 0 Å². The van der Waals surface area contributed by atoms with E-state index in [0.29, 0.717) is 18.5 Å². The fourth-order valence-corrected chi connectivity index (χ4v) is 3.31. The molecule has 2 aliphatic heterocycles. The van der Waals surface area contributed by atoms with E-state index in [-0.39, 0.29) is 11.9 Å². The summed E-state index contributed by atoms with van der Waals surface area (Å²) in [5.41, 5.74) is 1.51. The zero-order chi connectivity index (χ0) is 15.2. The molecule has 0 aliphatic carbocycles. The predicted molar refractivity (Wildman–Crippen MR) is 78.6 cm³/mol. The van der Waals surface area contributed by atoms with Gasteiger partial charge in [-0.05, 0) is 26.3 Å². The molecule has 1 aromatic carbocycles. The van der Waals surface area contributed by atoms with Crippen LogP contribution in [0, 0.1) is 11.3 Å². The number of anilines is 1. The first-order valence-electron chi connectivity index (χ1n) is 7.24. The molecule has 3 rings (SSSR count). The van der Waals surface area contributed by atoms with E-state index in [1.54, 1.807) is 17.0 Å². The highest BCUT2D eigenvalue weighted by molar-refractivity contribution is 5.80. The Balaban J connectivity index is 2.15. The van der Waals surface area contributed by atoms with Crippen molar-refractivity contribution in [2.24, 2.45) is 0 Å². The molecular weight excluding hydrogens is 266 g/mol. The molecular formula is C16H19N3O2. The summed E-state index contributed by atoms with van der Waals surface area (Å²) in [7, 11) is 0. The molecule has 1 fully saturated rings. The van der Waals surface area contributed by atoms with E-state index < -0.39 is 11.6 Å². The van der Waals surface area contributed by atoms with E-state index in [0.717, 1.165) is 17.7 Å². The number of likely N-dealkylation sites (tertiary alicyclic amines) is 1. The second-order valence-corrected chi connectivity index (χ2v) is 6.31. The van der Waals surface area contributed by atoms with Gasteiger partial charge in [-0.1, -0.05) is 12.1 Å². The average Bonchev–Trinajstić information content (AvgIpc) is 2.85. The second kappa shape index (κ2) is 4.74. The number of aliphatic hydroxyl groups excluding tert-OH is 1. The summed E-state index contributed by atoms with van der Waals surface area (Å²) in [5, 5.41) is 23.3. The van der Waals surface area contributed by atoms with Crippen molar-refractivity contribution >= 4 is 11.6 Å². The Morgan fingerprint density at radius 3 is 2.86 bits per heavy atom. The van der Waals surface area contributed by atoms with Crippen molar-refractivity contribution in [3.8, 4) is 6.07 Å². The molecule has 2 atom stereocenters. The Morgan fingerprint density at radius 1 is 1.48 bits per heavy atom. The minimum absolute atomic E-state index is 0.0741. The molecule has 0 saturated carbocycles. The molecule has 110 valence electrons. The number of nitrogens with zero attached hydrogens (tertiary/aromatic N) is 2. The first-order valence-corrected chi connectivity index (χ1v) is 7.24. The predicted octanol–water partition coefficient (Wildman–Crippen LogP) is 1.79.